The average Bonchev–Trinajstić information content (AvgIpc) is 3.21. The molecule has 0 aliphatic carbocycles. The molecule has 0 bridgehead atoms. The summed E-state index contributed by atoms with van der Waals surface area (Å²) in [4.78, 5) is 36.5. The van der Waals surface area contributed by atoms with Crippen molar-refractivity contribution in [2.24, 2.45) is 0 Å². The maximum atomic E-state index is 12.0. The van der Waals surface area contributed by atoms with Crippen LogP contribution in [-0.2, 0) is 9.53 Å². The van der Waals surface area contributed by atoms with Gasteiger partial charge in [-0.25, -0.2) is 4.79 Å². The lowest BCUT2D eigenvalue weighted by atomic mass is 10.2. The minimum Gasteiger partial charge on any atom is -0.452 e. The third-order valence-corrected chi connectivity index (χ3v) is 4.28. The van der Waals surface area contributed by atoms with Gasteiger partial charge in [0.05, 0.1) is 4.92 Å². The van der Waals surface area contributed by atoms with E-state index in [0.717, 1.165) is 18.8 Å². The third-order valence-electron chi connectivity index (χ3n) is 4.28. The lowest BCUT2D eigenvalue weighted by Gasteiger charge is -2.17. The quantitative estimate of drug-likeness (QED) is 0.477. The van der Waals surface area contributed by atoms with Gasteiger partial charge in [0.1, 0.15) is 5.56 Å². The number of benzene rings is 2. The van der Waals surface area contributed by atoms with E-state index >= 15 is 0 Å². The van der Waals surface area contributed by atoms with Gasteiger partial charge in [0, 0.05) is 30.5 Å². The second kappa shape index (κ2) is 8.31. The van der Waals surface area contributed by atoms with Crippen LogP contribution in [0, 0.1) is 10.1 Å². The largest absolute Gasteiger partial charge is 0.452 e. The SMILES string of the molecule is O=C(COC(=O)c1ccccc1[N+](=O)[O-])Nc1ccc(N2CCCC2)cc1. The van der Waals surface area contributed by atoms with E-state index in [1.807, 2.05) is 12.1 Å². The minimum atomic E-state index is -0.915. The summed E-state index contributed by atoms with van der Waals surface area (Å²) in [6.07, 6.45) is 2.37. The molecule has 0 spiro atoms. The molecule has 0 unspecified atom stereocenters. The summed E-state index contributed by atoms with van der Waals surface area (Å²) >= 11 is 0. The number of nitrogens with zero attached hydrogens (tertiary/aromatic N) is 2. The summed E-state index contributed by atoms with van der Waals surface area (Å²) in [7, 11) is 0. The highest BCUT2D eigenvalue weighted by Gasteiger charge is 2.21. The number of nitrogens with one attached hydrogen (secondary N) is 1. The van der Waals surface area contributed by atoms with Crippen molar-refractivity contribution in [3.05, 3.63) is 64.2 Å². The van der Waals surface area contributed by atoms with E-state index in [0.29, 0.717) is 5.69 Å². The van der Waals surface area contributed by atoms with E-state index in [-0.39, 0.29) is 11.3 Å². The molecule has 0 atom stereocenters. The zero-order chi connectivity index (χ0) is 19.2. The Labute approximate surface area is 155 Å². The van der Waals surface area contributed by atoms with E-state index in [2.05, 4.69) is 10.2 Å². The standard InChI is InChI=1S/C19H19N3O5/c23-18(13-27-19(24)16-5-1-2-6-17(16)22(25)26)20-14-7-9-15(10-8-14)21-11-3-4-12-21/h1-2,5-10H,3-4,11-13H2,(H,20,23). The Kier molecular flexibility index (Phi) is 5.65. The minimum absolute atomic E-state index is 0.190. The molecule has 0 radical (unpaired) electrons. The van der Waals surface area contributed by atoms with E-state index in [4.69, 9.17) is 4.74 Å². The fourth-order valence-electron chi connectivity index (χ4n) is 2.94. The number of hydrogen-bond acceptors (Lipinski definition) is 6. The van der Waals surface area contributed by atoms with Crippen molar-refractivity contribution in [1.82, 2.24) is 0 Å². The number of para-hydroxylation sites is 1. The predicted octanol–water partition coefficient (Wildman–Crippen LogP) is 2.99. The number of rotatable bonds is 6. The Morgan fingerprint density at radius 3 is 2.41 bits per heavy atom. The van der Waals surface area contributed by atoms with Crippen LogP contribution in [0.15, 0.2) is 48.5 Å². The molecular formula is C19H19N3O5. The van der Waals surface area contributed by atoms with Gasteiger partial charge < -0.3 is 15.0 Å². The van der Waals surface area contributed by atoms with Crippen LogP contribution >= 0.6 is 0 Å². The van der Waals surface area contributed by atoms with Crippen molar-refractivity contribution in [3.63, 3.8) is 0 Å². The maximum Gasteiger partial charge on any atom is 0.345 e. The van der Waals surface area contributed by atoms with Gasteiger partial charge in [0.25, 0.3) is 11.6 Å². The van der Waals surface area contributed by atoms with Gasteiger partial charge in [-0.05, 0) is 43.2 Å². The molecule has 1 saturated heterocycles. The summed E-state index contributed by atoms with van der Waals surface area (Å²) in [6, 6.07) is 12.9. The van der Waals surface area contributed by atoms with Crippen LogP contribution in [0.5, 0.6) is 0 Å². The number of anilines is 2. The smallest absolute Gasteiger partial charge is 0.345 e. The fraction of sp³-hybridized carbons (Fsp3) is 0.263. The van der Waals surface area contributed by atoms with Gasteiger partial charge in [-0.15, -0.1) is 0 Å². The molecule has 27 heavy (non-hydrogen) atoms. The Bertz CT molecular complexity index is 845. The molecule has 1 aliphatic heterocycles. The fourth-order valence-corrected chi connectivity index (χ4v) is 2.94. The molecule has 2 aromatic carbocycles. The molecule has 1 amide bonds. The van der Waals surface area contributed by atoms with Crippen molar-refractivity contribution < 1.29 is 19.2 Å². The number of hydrogen-bond donors (Lipinski definition) is 1. The van der Waals surface area contributed by atoms with E-state index in [1.54, 1.807) is 12.1 Å². The zero-order valence-electron chi connectivity index (χ0n) is 14.6. The Morgan fingerprint density at radius 1 is 1.07 bits per heavy atom. The molecule has 1 N–H and O–H groups in total. The first-order valence-electron chi connectivity index (χ1n) is 8.60. The second-order valence-electron chi connectivity index (χ2n) is 6.14. The van der Waals surface area contributed by atoms with Gasteiger partial charge in [-0.2, -0.15) is 0 Å². The molecular weight excluding hydrogens is 350 g/mol. The molecule has 8 heteroatoms. The molecule has 0 saturated carbocycles. The molecule has 8 nitrogen and oxygen atoms in total. The van der Waals surface area contributed by atoms with Crippen LogP contribution < -0.4 is 10.2 Å². The van der Waals surface area contributed by atoms with Crippen LogP contribution in [0.3, 0.4) is 0 Å². The number of carbonyl (C=O) groups excluding carboxylic acids is 2. The molecule has 0 aromatic heterocycles. The van der Waals surface area contributed by atoms with Crippen LogP contribution in [0.25, 0.3) is 0 Å². The number of carbonyl (C=O) groups is 2. The number of nitro groups is 1. The summed E-state index contributed by atoms with van der Waals surface area (Å²) in [5, 5.41) is 13.6. The lowest BCUT2D eigenvalue weighted by Crippen LogP contribution is -2.21. The highest BCUT2D eigenvalue weighted by Crippen LogP contribution is 2.22. The van der Waals surface area contributed by atoms with Crippen molar-refractivity contribution in [2.75, 3.05) is 29.9 Å². The van der Waals surface area contributed by atoms with Crippen LogP contribution in [-0.4, -0.2) is 36.5 Å². The first kappa shape index (κ1) is 18.4. The maximum absolute atomic E-state index is 12.0. The first-order chi connectivity index (χ1) is 13.0. The van der Waals surface area contributed by atoms with E-state index in [9.17, 15) is 19.7 Å². The summed E-state index contributed by atoms with van der Waals surface area (Å²) in [6.45, 7) is 1.54. The monoisotopic (exact) mass is 369 g/mol. The van der Waals surface area contributed by atoms with Crippen molar-refractivity contribution in [2.45, 2.75) is 12.8 Å². The number of esters is 1. The molecule has 3 rings (SSSR count). The van der Waals surface area contributed by atoms with Crippen molar-refractivity contribution >= 4 is 28.9 Å². The molecule has 1 heterocycles. The van der Waals surface area contributed by atoms with Gasteiger partial charge >= 0.3 is 5.97 Å². The molecule has 1 fully saturated rings. The van der Waals surface area contributed by atoms with E-state index in [1.165, 1.54) is 37.1 Å². The average molecular weight is 369 g/mol. The van der Waals surface area contributed by atoms with Gasteiger partial charge in [-0.3, -0.25) is 14.9 Å². The van der Waals surface area contributed by atoms with Crippen LogP contribution in [0.1, 0.15) is 23.2 Å². The third kappa shape index (κ3) is 4.60. The molecule has 140 valence electrons. The molecule has 2 aromatic rings. The zero-order valence-corrected chi connectivity index (χ0v) is 14.6. The highest BCUT2D eigenvalue weighted by atomic mass is 16.6. The van der Waals surface area contributed by atoms with Crippen LogP contribution in [0.4, 0.5) is 17.1 Å². The Balaban J connectivity index is 1.54. The highest BCUT2D eigenvalue weighted by molar-refractivity contribution is 5.97. The van der Waals surface area contributed by atoms with Crippen molar-refractivity contribution in [3.8, 4) is 0 Å². The predicted molar refractivity (Wildman–Crippen MR) is 99.9 cm³/mol. The molecule has 1 aliphatic rings. The number of amides is 1. The van der Waals surface area contributed by atoms with Gasteiger partial charge in [0.2, 0.25) is 0 Å². The first-order valence-corrected chi connectivity index (χ1v) is 8.60. The normalized spacial score (nSPS) is 13.3. The number of nitro benzene ring substituents is 1. The summed E-state index contributed by atoms with van der Waals surface area (Å²) < 4.78 is 4.89. The van der Waals surface area contributed by atoms with Crippen molar-refractivity contribution in [1.29, 1.82) is 0 Å². The Morgan fingerprint density at radius 2 is 1.74 bits per heavy atom. The van der Waals surface area contributed by atoms with Crippen LogP contribution in [0.2, 0.25) is 0 Å². The Hall–Kier alpha value is -3.42. The summed E-state index contributed by atoms with van der Waals surface area (Å²) in [5.41, 5.74) is 1.14. The van der Waals surface area contributed by atoms with Gasteiger partial charge in [0.15, 0.2) is 6.61 Å². The van der Waals surface area contributed by atoms with E-state index < -0.39 is 23.4 Å². The summed E-state index contributed by atoms with van der Waals surface area (Å²) in [5.74, 6) is -1.43. The number of ether oxygens (including phenoxy) is 1. The second-order valence-corrected chi connectivity index (χ2v) is 6.14. The lowest BCUT2D eigenvalue weighted by molar-refractivity contribution is -0.385. The van der Waals surface area contributed by atoms with Gasteiger partial charge in [-0.1, -0.05) is 12.1 Å². The topological polar surface area (TPSA) is 102 Å².